The van der Waals surface area contributed by atoms with E-state index in [0.29, 0.717) is 46.2 Å². The summed E-state index contributed by atoms with van der Waals surface area (Å²) in [5.74, 6) is -0.613. The number of hydrogen-bond acceptors (Lipinski definition) is 7. The molecule has 1 unspecified atom stereocenters. The van der Waals surface area contributed by atoms with Gasteiger partial charge in [-0.15, -0.1) is 0 Å². The molecule has 1 fully saturated rings. The molecule has 4 aromatic rings. The van der Waals surface area contributed by atoms with Crippen molar-refractivity contribution in [3.63, 3.8) is 0 Å². The largest absolute Gasteiger partial charge is 0.497 e. The molecule has 0 spiro atoms. The minimum absolute atomic E-state index is 0.0609. The lowest BCUT2D eigenvalue weighted by Crippen LogP contribution is -2.46. The lowest BCUT2D eigenvalue weighted by atomic mass is 9.98. The molecule has 0 saturated carbocycles. The standard InChI is InChI=1S/C26H25FN4O4S2/c1-35-21-8-10-22(11-9-21)37(33,34)30-14-4-5-18(16-30)25(32)31(17-20-6-2-3-13-28-20)26-29-23-12-7-19(27)15-24(23)36-26/h2-3,6-13,15,18H,4-5,14,16-17H2,1H3. The van der Waals surface area contributed by atoms with Crippen LogP contribution in [0.3, 0.4) is 0 Å². The van der Waals surface area contributed by atoms with Crippen LogP contribution in [0.5, 0.6) is 5.75 Å². The van der Waals surface area contributed by atoms with Gasteiger partial charge in [0.15, 0.2) is 5.13 Å². The quantitative estimate of drug-likeness (QED) is 0.343. The SMILES string of the molecule is COc1ccc(S(=O)(=O)N2CCCC(C(=O)N(Cc3ccccn3)c3nc4ccc(F)cc4s3)C2)cc1. The molecule has 0 aliphatic carbocycles. The van der Waals surface area contributed by atoms with Crippen molar-refractivity contribution < 1.29 is 22.3 Å². The maximum atomic E-state index is 13.9. The average molecular weight is 541 g/mol. The monoisotopic (exact) mass is 540 g/mol. The Bertz CT molecular complexity index is 1510. The van der Waals surface area contributed by atoms with Crippen molar-refractivity contribution in [1.29, 1.82) is 0 Å². The molecule has 2 aromatic heterocycles. The summed E-state index contributed by atoms with van der Waals surface area (Å²) in [4.78, 5) is 24.5. The summed E-state index contributed by atoms with van der Waals surface area (Å²) in [6.07, 6.45) is 2.75. The van der Waals surface area contributed by atoms with Crippen LogP contribution in [-0.4, -0.2) is 48.8 Å². The summed E-state index contributed by atoms with van der Waals surface area (Å²) >= 11 is 1.22. The number of fused-ring (bicyclic) bond motifs is 1. The number of carbonyl (C=O) groups is 1. The Hall–Kier alpha value is -3.41. The van der Waals surface area contributed by atoms with Crippen LogP contribution in [0.1, 0.15) is 18.5 Å². The molecule has 0 radical (unpaired) electrons. The van der Waals surface area contributed by atoms with E-state index in [1.165, 1.54) is 47.0 Å². The maximum absolute atomic E-state index is 13.9. The number of thiazole rings is 1. The first-order valence-corrected chi connectivity index (χ1v) is 14.0. The van der Waals surface area contributed by atoms with E-state index in [1.54, 1.807) is 35.4 Å². The van der Waals surface area contributed by atoms with Gasteiger partial charge in [0.1, 0.15) is 11.6 Å². The van der Waals surface area contributed by atoms with Crippen molar-refractivity contribution in [3.8, 4) is 5.75 Å². The number of anilines is 1. The van der Waals surface area contributed by atoms with E-state index in [-0.39, 0.29) is 29.7 Å². The zero-order valence-electron chi connectivity index (χ0n) is 20.1. The molecule has 0 bridgehead atoms. The first-order valence-electron chi connectivity index (χ1n) is 11.8. The molecule has 11 heteroatoms. The lowest BCUT2D eigenvalue weighted by Gasteiger charge is -2.33. The number of pyridine rings is 1. The van der Waals surface area contributed by atoms with Crippen molar-refractivity contribution in [3.05, 3.63) is 78.4 Å². The van der Waals surface area contributed by atoms with Crippen LogP contribution in [0, 0.1) is 11.7 Å². The predicted octanol–water partition coefficient (Wildman–Crippen LogP) is 4.47. The summed E-state index contributed by atoms with van der Waals surface area (Å²) in [5.41, 5.74) is 1.26. The van der Waals surface area contributed by atoms with Gasteiger partial charge in [0, 0.05) is 19.3 Å². The minimum Gasteiger partial charge on any atom is -0.497 e. The zero-order chi connectivity index (χ0) is 26.0. The molecule has 0 N–H and O–H groups in total. The fourth-order valence-electron chi connectivity index (χ4n) is 4.37. The first-order chi connectivity index (χ1) is 17.8. The Kier molecular flexibility index (Phi) is 7.18. The van der Waals surface area contributed by atoms with Gasteiger partial charge in [-0.3, -0.25) is 14.7 Å². The van der Waals surface area contributed by atoms with Gasteiger partial charge in [0.25, 0.3) is 0 Å². The van der Waals surface area contributed by atoms with Gasteiger partial charge in [-0.1, -0.05) is 17.4 Å². The van der Waals surface area contributed by atoms with Crippen LogP contribution in [0.2, 0.25) is 0 Å². The second kappa shape index (κ2) is 10.5. The fraction of sp³-hybridized carbons (Fsp3) is 0.269. The predicted molar refractivity (Wildman–Crippen MR) is 139 cm³/mol. The third-order valence-electron chi connectivity index (χ3n) is 6.31. The molecule has 192 valence electrons. The van der Waals surface area contributed by atoms with Crippen LogP contribution in [0.4, 0.5) is 9.52 Å². The number of halogens is 1. The molecular formula is C26H25FN4O4S2. The number of hydrogen-bond donors (Lipinski definition) is 0. The van der Waals surface area contributed by atoms with Gasteiger partial charge in [-0.2, -0.15) is 4.31 Å². The van der Waals surface area contributed by atoms with E-state index >= 15 is 0 Å². The summed E-state index contributed by atoms with van der Waals surface area (Å²) in [6.45, 7) is 0.563. The third-order valence-corrected chi connectivity index (χ3v) is 9.23. The number of sulfonamides is 1. The van der Waals surface area contributed by atoms with Crippen LogP contribution in [0.25, 0.3) is 10.2 Å². The molecular weight excluding hydrogens is 515 g/mol. The molecule has 1 aliphatic rings. The van der Waals surface area contributed by atoms with Crippen LogP contribution in [0.15, 0.2) is 71.8 Å². The second-order valence-corrected chi connectivity index (χ2v) is 11.7. The smallest absolute Gasteiger partial charge is 0.243 e. The van der Waals surface area contributed by atoms with Crippen molar-refractivity contribution in [1.82, 2.24) is 14.3 Å². The number of nitrogens with zero attached hydrogens (tertiary/aromatic N) is 4. The Balaban J connectivity index is 1.43. The highest BCUT2D eigenvalue weighted by molar-refractivity contribution is 7.89. The van der Waals surface area contributed by atoms with Gasteiger partial charge in [-0.25, -0.2) is 17.8 Å². The molecule has 1 atom stereocenters. The molecule has 8 nitrogen and oxygen atoms in total. The van der Waals surface area contributed by atoms with Crippen molar-refractivity contribution >= 4 is 42.6 Å². The lowest BCUT2D eigenvalue weighted by molar-refractivity contribution is -0.123. The second-order valence-electron chi connectivity index (χ2n) is 8.73. The molecule has 1 amide bonds. The summed E-state index contributed by atoms with van der Waals surface area (Å²) in [5, 5.41) is 0.423. The van der Waals surface area contributed by atoms with Crippen LogP contribution in [-0.2, 0) is 21.4 Å². The van der Waals surface area contributed by atoms with Gasteiger partial charge in [-0.05, 0) is 67.4 Å². The zero-order valence-corrected chi connectivity index (χ0v) is 21.7. The molecule has 2 aromatic carbocycles. The Labute approximate surface area is 218 Å². The Morgan fingerprint density at radius 2 is 2.00 bits per heavy atom. The van der Waals surface area contributed by atoms with Gasteiger partial charge in [0.05, 0.1) is 40.4 Å². The molecule has 37 heavy (non-hydrogen) atoms. The minimum atomic E-state index is -3.79. The number of benzene rings is 2. The van der Waals surface area contributed by atoms with Gasteiger partial charge in [0.2, 0.25) is 15.9 Å². The number of ether oxygens (including phenoxy) is 1. The first kappa shape index (κ1) is 25.2. The number of rotatable bonds is 7. The number of carbonyl (C=O) groups excluding carboxylic acids is 1. The highest BCUT2D eigenvalue weighted by atomic mass is 32.2. The molecule has 5 rings (SSSR count). The molecule has 3 heterocycles. The average Bonchev–Trinajstić information content (AvgIpc) is 3.35. The van der Waals surface area contributed by atoms with Crippen LogP contribution < -0.4 is 9.64 Å². The van der Waals surface area contributed by atoms with Crippen LogP contribution >= 0.6 is 11.3 Å². The fourth-order valence-corrected chi connectivity index (χ4v) is 6.89. The van der Waals surface area contributed by atoms with Crippen molar-refractivity contribution in [2.24, 2.45) is 5.92 Å². The van der Waals surface area contributed by atoms with E-state index in [9.17, 15) is 17.6 Å². The maximum Gasteiger partial charge on any atom is 0.243 e. The number of amides is 1. The normalized spacial score (nSPS) is 16.5. The Morgan fingerprint density at radius 1 is 1.19 bits per heavy atom. The molecule has 1 saturated heterocycles. The molecule has 1 aliphatic heterocycles. The van der Waals surface area contributed by atoms with Gasteiger partial charge >= 0.3 is 0 Å². The van der Waals surface area contributed by atoms with Gasteiger partial charge < -0.3 is 4.74 Å². The summed E-state index contributed by atoms with van der Waals surface area (Å²) < 4.78 is 47.6. The van der Waals surface area contributed by atoms with Crippen molar-refractivity contribution in [2.75, 3.05) is 25.1 Å². The third kappa shape index (κ3) is 5.34. The van der Waals surface area contributed by atoms with E-state index in [4.69, 9.17) is 4.74 Å². The van der Waals surface area contributed by atoms with Crippen molar-refractivity contribution in [2.45, 2.75) is 24.3 Å². The number of piperidine rings is 1. The van der Waals surface area contributed by atoms with E-state index in [2.05, 4.69) is 9.97 Å². The highest BCUT2D eigenvalue weighted by Gasteiger charge is 2.36. The summed E-state index contributed by atoms with van der Waals surface area (Å²) in [7, 11) is -2.27. The highest BCUT2D eigenvalue weighted by Crippen LogP contribution is 2.33. The Morgan fingerprint density at radius 3 is 2.73 bits per heavy atom. The van der Waals surface area contributed by atoms with E-state index < -0.39 is 15.9 Å². The number of aromatic nitrogens is 2. The van der Waals surface area contributed by atoms with E-state index in [1.807, 2.05) is 12.1 Å². The summed E-state index contributed by atoms with van der Waals surface area (Å²) in [6, 6.07) is 16.0. The topological polar surface area (TPSA) is 92.7 Å². The van der Waals surface area contributed by atoms with E-state index in [0.717, 1.165) is 0 Å². The number of methoxy groups -OCH3 is 1.